The van der Waals surface area contributed by atoms with E-state index in [0.29, 0.717) is 19.7 Å². The summed E-state index contributed by atoms with van der Waals surface area (Å²) in [6.07, 6.45) is 1.70. The Labute approximate surface area is 139 Å². The van der Waals surface area contributed by atoms with E-state index < -0.39 is 0 Å². The predicted octanol–water partition coefficient (Wildman–Crippen LogP) is 2.18. The standard InChI is InChI=1S/C17H30N4O2/c1-7-17(5)11-21(8-9-23-17)16(22)18-12(2)10-15-13(3)19-20(6)14(15)4/h12H,7-11H2,1-6H3,(H,18,22)/t12-,17-/m1/s1. The number of rotatable bonds is 4. The molecule has 0 radical (unpaired) electrons. The molecule has 0 aliphatic carbocycles. The molecule has 2 heterocycles. The van der Waals surface area contributed by atoms with Gasteiger partial charge in [0.05, 0.1) is 24.4 Å². The molecule has 0 saturated carbocycles. The fourth-order valence-electron chi connectivity index (χ4n) is 3.09. The summed E-state index contributed by atoms with van der Waals surface area (Å²) in [5.74, 6) is 0. The third-order valence-corrected chi connectivity index (χ3v) is 4.91. The monoisotopic (exact) mass is 322 g/mol. The molecule has 2 amide bonds. The number of morpholine rings is 1. The Kier molecular flexibility index (Phi) is 5.34. The van der Waals surface area contributed by atoms with Gasteiger partial charge in [-0.05, 0) is 46.1 Å². The summed E-state index contributed by atoms with van der Waals surface area (Å²) < 4.78 is 7.69. The van der Waals surface area contributed by atoms with Crippen molar-refractivity contribution in [2.24, 2.45) is 7.05 Å². The summed E-state index contributed by atoms with van der Waals surface area (Å²) in [7, 11) is 1.95. The minimum Gasteiger partial charge on any atom is -0.372 e. The maximum Gasteiger partial charge on any atom is 0.317 e. The zero-order valence-electron chi connectivity index (χ0n) is 15.3. The van der Waals surface area contributed by atoms with Crippen LogP contribution in [0, 0.1) is 13.8 Å². The molecule has 6 heteroatoms. The van der Waals surface area contributed by atoms with Gasteiger partial charge in [0.1, 0.15) is 0 Å². The quantitative estimate of drug-likeness (QED) is 0.924. The molecular formula is C17H30N4O2. The molecule has 1 N–H and O–H groups in total. The minimum atomic E-state index is -0.227. The molecule has 1 saturated heterocycles. The SMILES string of the molecule is CC[C@]1(C)CN(C(=O)N[C@H](C)Cc2c(C)nn(C)c2C)CCO1. The number of urea groups is 1. The van der Waals surface area contributed by atoms with Crippen LogP contribution in [0.3, 0.4) is 0 Å². The minimum absolute atomic E-state index is 0.000304. The van der Waals surface area contributed by atoms with Gasteiger partial charge in [-0.3, -0.25) is 4.68 Å². The number of hydrogen-bond donors (Lipinski definition) is 1. The normalized spacial score (nSPS) is 23.0. The summed E-state index contributed by atoms with van der Waals surface area (Å²) >= 11 is 0. The van der Waals surface area contributed by atoms with E-state index in [2.05, 4.69) is 31.2 Å². The first-order chi connectivity index (χ1) is 10.8. The maximum absolute atomic E-state index is 12.5. The summed E-state index contributed by atoms with van der Waals surface area (Å²) in [6, 6.07) is 0.0690. The van der Waals surface area contributed by atoms with Gasteiger partial charge in [0, 0.05) is 25.3 Å². The molecule has 6 nitrogen and oxygen atoms in total. The molecule has 0 unspecified atom stereocenters. The van der Waals surface area contributed by atoms with Crippen molar-refractivity contribution >= 4 is 6.03 Å². The number of nitrogens with zero attached hydrogens (tertiary/aromatic N) is 3. The molecule has 0 aromatic carbocycles. The summed E-state index contributed by atoms with van der Waals surface area (Å²) in [5, 5.41) is 7.56. The molecule has 1 fully saturated rings. The molecule has 1 aliphatic rings. The van der Waals surface area contributed by atoms with E-state index in [4.69, 9.17) is 4.74 Å². The summed E-state index contributed by atoms with van der Waals surface area (Å²) in [5.41, 5.74) is 3.19. The largest absolute Gasteiger partial charge is 0.372 e. The lowest BCUT2D eigenvalue weighted by Crippen LogP contribution is -2.55. The number of aryl methyl sites for hydroxylation is 2. The lowest BCUT2D eigenvalue weighted by Gasteiger charge is -2.40. The van der Waals surface area contributed by atoms with Crippen LogP contribution < -0.4 is 5.32 Å². The fourth-order valence-corrected chi connectivity index (χ4v) is 3.09. The lowest BCUT2D eigenvalue weighted by atomic mass is 10.0. The number of aromatic nitrogens is 2. The van der Waals surface area contributed by atoms with E-state index in [1.54, 1.807) is 0 Å². The molecule has 23 heavy (non-hydrogen) atoms. The van der Waals surface area contributed by atoms with Gasteiger partial charge in [-0.15, -0.1) is 0 Å². The summed E-state index contributed by atoms with van der Waals surface area (Å²) in [6.45, 7) is 12.2. The van der Waals surface area contributed by atoms with Crippen LogP contribution in [0.2, 0.25) is 0 Å². The van der Waals surface area contributed by atoms with E-state index in [0.717, 1.165) is 24.2 Å². The van der Waals surface area contributed by atoms with Crippen molar-refractivity contribution in [2.45, 2.75) is 59.1 Å². The second kappa shape index (κ2) is 6.91. The van der Waals surface area contributed by atoms with E-state index in [1.165, 1.54) is 5.56 Å². The fraction of sp³-hybridized carbons (Fsp3) is 0.765. The average Bonchev–Trinajstić information content (AvgIpc) is 2.73. The molecule has 1 aromatic heterocycles. The highest BCUT2D eigenvalue weighted by atomic mass is 16.5. The molecular weight excluding hydrogens is 292 g/mol. The van der Waals surface area contributed by atoms with Gasteiger partial charge in [0.15, 0.2) is 0 Å². The number of carbonyl (C=O) groups excluding carboxylic acids is 1. The first-order valence-corrected chi connectivity index (χ1v) is 8.44. The number of carbonyl (C=O) groups is 1. The smallest absolute Gasteiger partial charge is 0.317 e. The first kappa shape index (κ1) is 17.8. The van der Waals surface area contributed by atoms with Crippen LogP contribution in [0.15, 0.2) is 0 Å². The molecule has 2 atom stereocenters. The van der Waals surface area contributed by atoms with Gasteiger partial charge in [0.25, 0.3) is 0 Å². The Morgan fingerprint density at radius 3 is 2.74 bits per heavy atom. The van der Waals surface area contributed by atoms with Gasteiger partial charge in [-0.2, -0.15) is 5.10 Å². The van der Waals surface area contributed by atoms with Crippen LogP contribution in [-0.2, 0) is 18.2 Å². The topological polar surface area (TPSA) is 59.4 Å². The van der Waals surface area contributed by atoms with Crippen molar-refractivity contribution in [3.05, 3.63) is 17.0 Å². The van der Waals surface area contributed by atoms with Gasteiger partial charge in [-0.25, -0.2) is 4.79 Å². The van der Waals surface area contributed by atoms with Gasteiger partial charge in [-0.1, -0.05) is 6.92 Å². The lowest BCUT2D eigenvalue weighted by molar-refractivity contribution is -0.0874. The first-order valence-electron chi connectivity index (χ1n) is 8.44. The number of hydrogen-bond acceptors (Lipinski definition) is 3. The predicted molar refractivity (Wildman–Crippen MR) is 90.6 cm³/mol. The van der Waals surface area contributed by atoms with Crippen LogP contribution >= 0.6 is 0 Å². The van der Waals surface area contributed by atoms with Gasteiger partial charge in [0.2, 0.25) is 0 Å². The Balaban J connectivity index is 1.94. The Morgan fingerprint density at radius 1 is 1.48 bits per heavy atom. The third kappa shape index (κ3) is 4.05. The van der Waals surface area contributed by atoms with Crippen LogP contribution in [0.5, 0.6) is 0 Å². The zero-order valence-corrected chi connectivity index (χ0v) is 15.3. The number of nitrogens with one attached hydrogen (secondary N) is 1. The second-order valence-electron chi connectivity index (χ2n) is 6.90. The Bertz CT molecular complexity index is 569. The molecule has 130 valence electrons. The van der Waals surface area contributed by atoms with Crippen molar-refractivity contribution in [1.82, 2.24) is 20.0 Å². The van der Waals surface area contributed by atoms with Crippen LogP contribution in [-0.4, -0.2) is 52.1 Å². The number of amides is 2. The molecule has 2 rings (SSSR count). The van der Waals surface area contributed by atoms with E-state index in [-0.39, 0.29) is 17.7 Å². The zero-order chi connectivity index (χ0) is 17.2. The van der Waals surface area contributed by atoms with Gasteiger partial charge < -0.3 is 15.0 Å². The van der Waals surface area contributed by atoms with Crippen LogP contribution in [0.1, 0.15) is 44.1 Å². The Hall–Kier alpha value is -1.56. The summed E-state index contributed by atoms with van der Waals surface area (Å²) in [4.78, 5) is 14.4. The van der Waals surface area contributed by atoms with Crippen molar-refractivity contribution in [1.29, 1.82) is 0 Å². The van der Waals surface area contributed by atoms with E-state index >= 15 is 0 Å². The molecule has 1 aliphatic heterocycles. The van der Waals surface area contributed by atoms with Crippen molar-refractivity contribution < 1.29 is 9.53 Å². The maximum atomic E-state index is 12.5. The van der Waals surface area contributed by atoms with E-state index in [9.17, 15) is 4.79 Å². The molecule has 0 spiro atoms. The Morgan fingerprint density at radius 2 is 2.17 bits per heavy atom. The van der Waals surface area contributed by atoms with Crippen LogP contribution in [0.25, 0.3) is 0 Å². The van der Waals surface area contributed by atoms with Crippen molar-refractivity contribution in [2.75, 3.05) is 19.7 Å². The highest BCUT2D eigenvalue weighted by Gasteiger charge is 2.33. The molecule has 0 bridgehead atoms. The highest BCUT2D eigenvalue weighted by Crippen LogP contribution is 2.21. The third-order valence-electron chi connectivity index (χ3n) is 4.91. The molecule has 1 aromatic rings. The van der Waals surface area contributed by atoms with Gasteiger partial charge >= 0.3 is 6.03 Å². The van der Waals surface area contributed by atoms with Crippen molar-refractivity contribution in [3.63, 3.8) is 0 Å². The van der Waals surface area contributed by atoms with Crippen molar-refractivity contribution in [3.8, 4) is 0 Å². The second-order valence-corrected chi connectivity index (χ2v) is 6.90. The van der Waals surface area contributed by atoms with Crippen LogP contribution in [0.4, 0.5) is 4.79 Å². The number of ether oxygens (including phenoxy) is 1. The van der Waals surface area contributed by atoms with E-state index in [1.807, 2.05) is 30.5 Å². The highest BCUT2D eigenvalue weighted by molar-refractivity contribution is 5.74. The average molecular weight is 322 g/mol.